The fraction of sp³-hybridized carbons (Fsp3) is 0.211. The van der Waals surface area contributed by atoms with E-state index in [9.17, 15) is 0 Å². The van der Waals surface area contributed by atoms with Gasteiger partial charge in [-0.3, -0.25) is 0 Å². The number of anilines is 1. The third kappa shape index (κ3) is 3.20. The van der Waals surface area contributed by atoms with Crippen LogP contribution in [-0.2, 0) is 6.42 Å². The molecule has 3 nitrogen and oxygen atoms in total. The number of hydrogen-bond donors (Lipinski definition) is 1. The van der Waals surface area contributed by atoms with Crippen LogP contribution in [0.15, 0.2) is 48.5 Å². The van der Waals surface area contributed by atoms with Crippen LogP contribution in [0.5, 0.6) is 0 Å². The zero-order valence-corrected chi connectivity index (χ0v) is 17.4. The Bertz CT molecular complexity index is 869. The van der Waals surface area contributed by atoms with Gasteiger partial charge in [0.15, 0.2) is 0 Å². The second kappa shape index (κ2) is 7.03. The van der Waals surface area contributed by atoms with Crippen LogP contribution in [0.4, 0.5) is 5.82 Å². The lowest BCUT2D eigenvalue weighted by atomic mass is 10.0. The molecule has 0 saturated heterocycles. The minimum atomic E-state index is 1.01. The largest absolute Gasteiger partial charge is 0.370 e. The number of nitrogens with one attached hydrogen (secondary N) is 1. The van der Waals surface area contributed by atoms with Gasteiger partial charge in [-0.05, 0) is 101 Å². The Morgan fingerprint density at radius 1 is 0.958 bits per heavy atom. The molecule has 0 radical (unpaired) electrons. The van der Waals surface area contributed by atoms with Crippen LogP contribution < -0.4 is 5.32 Å². The molecule has 0 amide bonds. The average Bonchev–Trinajstić information content (AvgIpc) is 2.77. The molecule has 1 N–H and O–H groups in total. The van der Waals surface area contributed by atoms with Gasteiger partial charge >= 0.3 is 0 Å². The number of fused-ring (bicyclic) bond motifs is 1. The van der Waals surface area contributed by atoms with Gasteiger partial charge in [-0.15, -0.1) is 0 Å². The van der Waals surface area contributed by atoms with E-state index in [4.69, 9.17) is 5.10 Å². The van der Waals surface area contributed by atoms with Crippen LogP contribution in [0.25, 0.3) is 16.9 Å². The monoisotopic (exact) mass is 541 g/mol. The molecular formula is C19H17I2N3. The van der Waals surface area contributed by atoms with E-state index in [0.29, 0.717) is 0 Å². The lowest BCUT2D eigenvalue weighted by molar-refractivity contribution is 0.780. The van der Waals surface area contributed by atoms with Crippen molar-refractivity contribution in [3.05, 3.63) is 61.2 Å². The number of aromatic nitrogens is 2. The Balaban J connectivity index is 1.90. The van der Waals surface area contributed by atoms with E-state index in [0.717, 1.165) is 30.2 Å². The number of nitrogens with zero attached hydrogens (tertiary/aromatic N) is 2. The summed E-state index contributed by atoms with van der Waals surface area (Å²) in [4.78, 5) is 0. The third-order valence-corrected chi connectivity index (χ3v) is 5.69. The van der Waals surface area contributed by atoms with Crippen molar-refractivity contribution in [1.29, 1.82) is 0 Å². The Hall–Kier alpha value is -1.09. The van der Waals surface area contributed by atoms with Gasteiger partial charge < -0.3 is 5.32 Å². The average molecular weight is 541 g/mol. The van der Waals surface area contributed by atoms with Gasteiger partial charge in [-0.2, -0.15) is 5.10 Å². The molecule has 1 aromatic heterocycles. The summed E-state index contributed by atoms with van der Waals surface area (Å²) < 4.78 is 4.55. The third-order valence-electron chi connectivity index (χ3n) is 4.30. The highest BCUT2D eigenvalue weighted by molar-refractivity contribution is 14.1. The van der Waals surface area contributed by atoms with E-state index in [1.54, 1.807) is 0 Å². The Labute approximate surface area is 169 Å². The summed E-state index contributed by atoms with van der Waals surface area (Å²) in [6.45, 7) is 1.01. The maximum Gasteiger partial charge on any atom is 0.133 e. The van der Waals surface area contributed by atoms with E-state index in [1.165, 1.54) is 31.1 Å². The fourth-order valence-corrected chi connectivity index (χ4v) is 4.04. The van der Waals surface area contributed by atoms with Crippen LogP contribution in [0, 0.1) is 7.14 Å². The maximum atomic E-state index is 4.99. The van der Waals surface area contributed by atoms with Crippen molar-refractivity contribution in [1.82, 2.24) is 9.78 Å². The van der Waals surface area contributed by atoms with Crippen molar-refractivity contribution in [3.63, 3.8) is 0 Å². The van der Waals surface area contributed by atoms with E-state index in [1.807, 2.05) is 0 Å². The lowest BCUT2D eigenvalue weighted by Gasteiger charge is -2.09. The van der Waals surface area contributed by atoms with Crippen molar-refractivity contribution >= 4 is 51.0 Å². The van der Waals surface area contributed by atoms with Crippen LogP contribution in [0.1, 0.15) is 18.4 Å². The first-order valence-corrected chi connectivity index (χ1v) is 10.3. The zero-order valence-electron chi connectivity index (χ0n) is 13.1. The van der Waals surface area contributed by atoms with Crippen LogP contribution in [0.2, 0.25) is 0 Å². The van der Waals surface area contributed by atoms with Gasteiger partial charge in [0.05, 0.1) is 11.4 Å². The summed E-state index contributed by atoms with van der Waals surface area (Å²) in [7, 11) is 0. The van der Waals surface area contributed by atoms with E-state index < -0.39 is 0 Å². The number of halogens is 2. The Morgan fingerprint density at radius 2 is 1.79 bits per heavy atom. The summed E-state index contributed by atoms with van der Waals surface area (Å²) in [6, 6.07) is 17.1. The highest BCUT2D eigenvalue weighted by atomic mass is 127. The zero-order chi connectivity index (χ0) is 16.5. The topological polar surface area (TPSA) is 29.9 Å². The molecule has 2 aromatic carbocycles. The van der Waals surface area contributed by atoms with Gasteiger partial charge in [0.2, 0.25) is 0 Å². The van der Waals surface area contributed by atoms with Crippen molar-refractivity contribution < 1.29 is 0 Å². The molecule has 0 atom stereocenters. The summed E-state index contributed by atoms with van der Waals surface area (Å²) in [5, 5.41) is 8.60. The molecule has 0 saturated carbocycles. The van der Waals surface area contributed by atoms with Crippen molar-refractivity contribution in [2.45, 2.75) is 19.3 Å². The van der Waals surface area contributed by atoms with E-state index >= 15 is 0 Å². The predicted molar refractivity (Wildman–Crippen MR) is 116 cm³/mol. The highest BCUT2D eigenvalue weighted by Gasteiger charge is 2.21. The van der Waals surface area contributed by atoms with Gasteiger partial charge in [0, 0.05) is 24.8 Å². The molecule has 0 spiro atoms. The molecule has 4 rings (SSSR count). The van der Waals surface area contributed by atoms with Gasteiger partial charge in [-0.25, -0.2) is 4.68 Å². The second-order valence-electron chi connectivity index (χ2n) is 5.96. The van der Waals surface area contributed by atoms with Crippen LogP contribution in [-0.4, -0.2) is 16.3 Å². The molecule has 122 valence electrons. The highest BCUT2D eigenvalue weighted by Crippen LogP contribution is 2.34. The van der Waals surface area contributed by atoms with Crippen LogP contribution >= 0.6 is 45.2 Å². The molecule has 1 aliphatic heterocycles. The second-order valence-corrected chi connectivity index (χ2v) is 8.45. The first-order valence-electron chi connectivity index (χ1n) is 8.10. The van der Waals surface area contributed by atoms with Crippen molar-refractivity contribution in [2.75, 3.05) is 11.9 Å². The summed E-state index contributed by atoms with van der Waals surface area (Å²) in [5.74, 6) is 1.16. The smallest absolute Gasteiger partial charge is 0.133 e. The summed E-state index contributed by atoms with van der Waals surface area (Å²) >= 11 is 4.70. The molecule has 0 bridgehead atoms. The van der Waals surface area contributed by atoms with E-state index in [-0.39, 0.29) is 0 Å². The van der Waals surface area contributed by atoms with Crippen molar-refractivity contribution in [3.8, 4) is 16.9 Å². The number of rotatable bonds is 2. The molecule has 1 aliphatic rings. The van der Waals surface area contributed by atoms with Gasteiger partial charge in [-0.1, -0.05) is 12.1 Å². The lowest BCUT2D eigenvalue weighted by Crippen LogP contribution is -2.07. The van der Waals surface area contributed by atoms with Gasteiger partial charge in [0.1, 0.15) is 5.82 Å². The molecule has 0 fully saturated rings. The predicted octanol–water partition coefficient (Wildman–Crippen LogP) is 5.50. The SMILES string of the molecule is Ic1ccc(-n2nc(-c3cccc(I)c3)c3c2NCCCC3)cc1. The molecular weight excluding hydrogens is 524 g/mol. The van der Waals surface area contributed by atoms with Crippen LogP contribution in [0.3, 0.4) is 0 Å². The normalized spacial score (nSPS) is 13.9. The quantitative estimate of drug-likeness (QED) is 0.435. The Kier molecular flexibility index (Phi) is 4.80. The standard InChI is InChI=1S/C19H17I2N3/c20-14-7-9-16(10-8-14)24-19-17(6-1-2-11-22-19)18(23-24)13-4-3-5-15(21)12-13/h3-5,7-10,12,22H,1-2,6,11H2. The first-order chi connectivity index (χ1) is 11.7. The molecule has 0 aliphatic carbocycles. The molecule has 2 heterocycles. The minimum Gasteiger partial charge on any atom is -0.370 e. The summed E-state index contributed by atoms with van der Waals surface area (Å²) in [6.07, 6.45) is 3.48. The van der Waals surface area contributed by atoms with Gasteiger partial charge in [0.25, 0.3) is 0 Å². The molecule has 0 unspecified atom stereocenters. The molecule has 5 heteroatoms. The molecule has 3 aromatic rings. The first kappa shape index (κ1) is 16.4. The Morgan fingerprint density at radius 3 is 2.58 bits per heavy atom. The van der Waals surface area contributed by atoms with E-state index in [2.05, 4.69) is 104 Å². The fourth-order valence-electron chi connectivity index (χ4n) is 3.14. The maximum absolute atomic E-state index is 4.99. The number of hydrogen-bond acceptors (Lipinski definition) is 2. The van der Waals surface area contributed by atoms with Crippen molar-refractivity contribution in [2.24, 2.45) is 0 Å². The minimum absolute atomic E-state index is 1.01. The number of benzene rings is 2. The summed E-state index contributed by atoms with van der Waals surface area (Å²) in [5.41, 5.74) is 4.76. The molecule has 24 heavy (non-hydrogen) atoms.